The molecule has 0 saturated heterocycles. The van der Waals surface area contributed by atoms with Crippen molar-refractivity contribution in [3.63, 3.8) is 0 Å². The third-order valence-electron chi connectivity index (χ3n) is 3.12. The van der Waals surface area contributed by atoms with Crippen LogP contribution in [0.15, 0.2) is 0 Å². The summed E-state index contributed by atoms with van der Waals surface area (Å²) in [7, 11) is 0. The lowest BCUT2D eigenvalue weighted by molar-refractivity contribution is 0.329. The van der Waals surface area contributed by atoms with Crippen molar-refractivity contribution >= 4 is 0 Å². The first kappa shape index (κ1) is 11.0. The molecule has 0 unspecified atom stereocenters. The number of nitrogens with one attached hydrogen (secondary N) is 1. The van der Waals surface area contributed by atoms with Crippen LogP contribution in [0.25, 0.3) is 0 Å². The summed E-state index contributed by atoms with van der Waals surface area (Å²) < 4.78 is 0. The smallest absolute Gasteiger partial charge is 0.00484 e. The van der Waals surface area contributed by atoms with Gasteiger partial charge >= 0.3 is 0 Å². The number of hydrogen-bond donors (Lipinski definition) is 1. The molecule has 13 heavy (non-hydrogen) atoms. The van der Waals surface area contributed by atoms with Crippen LogP contribution in [0.4, 0.5) is 0 Å². The summed E-state index contributed by atoms with van der Waals surface area (Å²) in [5, 5.41) is 3.27. The predicted molar refractivity (Wildman–Crippen MR) is 58.7 cm³/mol. The van der Waals surface area contributed by atoms with E-state index >= 15 is 0 Å². The minimum absolute atomic E-state index is 0.878. The molecule has 1 N–H and O–H groups in total. The molecule has 1 aliphatic rings. The molecule has 0 amide bonds. The summed E-state index contributed by atoms with van der Waals surface area (Å²) in [6.07, 6.45) is 11.7. The molecule has 1 fully saturated rings. The van der Waals surface area contributed by atoms with E-state index in [-0.39, 0.29) is 0 Å². The average Bonchev–Trinajstić information content (AvgIpc) is 2.19. The van der Waals surface area contributed by atoms with Gasteiger partial charge in [-0.05, 0) is 32.4 Å². The van der Waals surface area contributed by atoms with Crippen molar-refractivity contribution in [3.05, 3.63) is 6.92 Å². The minimum atomic E-state index is 0.878. The molecule has 77 valence electrons. The van der Waals surface area contributed by atoms with Gasteiger partial charge in [0.25, 0.3) is 0 Å². The van der Waals surface area contributed by atoms with Gasteiger partial charge < -0.3 is 5.32 Å². The van der Waals surface area contributed by atoms with E-state index in [0.29, 0.717) is 0 Å². The second-order valence-electron chi connectivity index (χ2n) is 4.25. The van der Waals surface area contributed by atoms with Gasteiger partial charge in [0.05, 0.1) is 0 Å². The third-order valence-corrected chi connectivity index (χ3v) is 3.12. The Balaban J connectivity index is 1.86. The topological polar surface area (TPSA) is 12.0 Å². The van der Waals surface area contributed by atoms with Crippen LogP contribution in [-0.4, -0.2) is 13.1 Å². The standard InChI is InChI=1S/C12H24N/c1-2-13-11-7-6-10-12-8-4-3-5-9-12/h12-13H,1-11H2. The Morgan fingerprint density at radius 3 is 2.54 bits per heavy atom. The molecule has 1 rings (SSSR count). The fraction of sp³-hybridized carbons (Fsp3) is 0.917. The molecule has 0 aromatic carbocycles. The first-order valence-corrected chi connectivity index (χ1v) is 5.93. The van der Waals surface area contributed by atoms with Crippen molar-refractivity contribution in [1.82, 2.24) is 5.32 Å². The predicted octanol–water partition coefficient (Wildman–Crippen LogP) is 3.16. The normalized spacial score (nSPS) is 19.2. The Bertz CT molecular complexity index is 106. The lowest BCUT2D eigenvalue weighted by atomic mass is 9.86. The van der Waals surface area contributed by atoms with Crippen molar-refractivity contribution in [3.8, 4) is 0 Å². The second-order valence-corrected chi connectivity index (χ2v) is 4.25. The zero-order valence-corrected chi connectivity index (χ0v) is 8.86. The first-order valence-electron chi connectivity index (χ1n) is 5.93. The quantitative estimate of drug-likeness (QED) is 0.622. The van der Waals surface area contributed by atoms with E-state index in [2.05, 4.69) is 12.2 Å². The number of unbranched alkanes of at least 4 members (excludes halogenated alkanes) is 1. The fourth-order valence-corrected chi connectivity index (χ4v) is 2.28. The SMILES string of the molecule is [CH2]CNCCCCC1CCCCC1. The summed E-state index contributed by atoms with van der Waals surface area (Å²) in [6, 6.07) is 0. The molecular formula is C12H24N. The van der Waals surface area contributed by atoms with Crippen LogP contribution in [0.3, 0.4) is 0 Å². The summed E-state index contributed by atoms with van der Waals surface area (Å²) in [5.41, 5.74) is 0. The van der Waals surface area contributed by atoms with Crippen LogP contribution < -0.4 is 5.32 Å². The van der Waals surface area contributed by atoms with Crippen molar-refractivity contribution in [2.75, 3.05) is 13.1 Å². The summed E-state index contributed by atoms with van der Waals surface area (Å²) in [4.78, 5) is 0. The van der Waals surface area contributed by atoms with Gasteiger partial charge in [-0.3, -0.25) is 0 Å². The van der Waals surface area contributed by atoms with Crippen molar-refractivity contribution in [1.29, 1.82) is 0 Å². The van der Waals surface area contributed by atoms with Crippen LogP contribution in [0.5, 0.6) is 0 Å². The fourth-order valence-electron chi connectivity index (χ4n) is 2.28. The molecule has 1 heteroatoms. The van der Waals surface area contributed by atoms with Gasteiger partial charge in [0, 0.05) is 0 Å². The maximum atomic E-state index is 3.76. The Kier molecular flexibility index (Phi) is 6.26. The Morgan fingerprint density at radius 2 is 1.85 bits per heavy atom. The highest BCUT2D eigenvalue weighted by atomic mass is 14.8. The molecule has 1 radical (unpaired) electrons. The maximum Gasteiger partial charge on any atom is -0.00484 e. The zero-order valence-electron chi connectivity index (χ0n) is 8.86. The molecule has 0 aliphatic heterocycles. The molecule has 0 spiro atoms. The van der Waals surface area contributed by atoms with E-state index in [4.69, 9.17) is 0 Å². The van der Waals surface area contributed by atoms with E-state index in [9.17, 15) is 0 Å². The third kappa shape index (κ3) is 5.30. The van der Waals surface area contributed by atoms with E-state index in [1.165, 1.54) is 51.4 Å². The van der Waals surface area contributed by atoms with E-state index in [1.807, 2.05) is 0 Å². The van der Waals surface area contributed by atoms with Crippen LogP contribution in [0.2, 0.25) is 0 Å². The molecule has 1 saturated carbocycles. The Hall–Kier alpha value is -0.0400. The summed E-state index contributed by atoms with van der Waals surface area (Å²) >= 11 is 0. The van der Waals surface area contributed by atoms with Crippen LogP contribution in [0, 0.1) is 12.8 Å². The van der Waals surface area contributed by atoms with Gasteiger partial charge in [0.2, 0.25) is 0 Å². The number of hydrogen-bond acceptors (Lipinski definition) is 1. The van der Waals surface area contributed by atoms with Gasteiger partial charge in [-0.1, -0.05) is 44.9 Å². The summed E-state index contributed by atoms with van der Waals surface area (Å²) in [5.74, 6) is 1.06. The molecule has 0 heterocycles. The van der Waals surface area contributed by atoms with Crippen LogP contribution in [-0.2, 0) is 0 Å². The van der Waals surface area contributed by atoms with Crippen molar-refractivity contribution in [2.24, 2.45) is 5.92 Å². The largest absolute Gasteiger partial charge is 0.317 e. The van der Waals surface area contributed by atoms with Crippen LogP contribution >= 0.6 is 0 Å². The second kappa shape index (κ2) is 7.37. The van der Waals surface area contributed by atoms with E-state index < -0.39 is 0 Å². The van der Waals surface area contributed by atoms with Crippen molar-refractivity contribution in [2.45, 2.75) is 51.4 Å². The molecule has 1 aliphatic carbocycles. The monoisotopic (exact) mass is 182 g/mol. The van der Waals surface area contributed by atoms with E-state index in [0.717, 1.165) is 19.0 Å². The molecule has 0 atom stereocenters. The molecule has 0 aromatic rings. The Morgan fingerprint density at radius 1 is 1.08 bits per heavy atom. The first-order chi connectivity index (χ1) is 6.43. The van der Waals surface area contributed by atoms with Crippen molar-refractivity contribution < 1.29 is 0 Å². The lowest BCUT2D eigenvalue weighted by Crippen LogP contribution is -2.14. The van der Waals surface area contributed by atoms with Crippen LogP contribution in [0.1, 0.15) is 51.4 Å². The molecule has 0 aromatic heterocycles. The average molecular weight is 182 g/mol. The highest BCUT2D eigenvalue weighted by Gasteiger charge is 2.12. The highest BCUT2D eigenvalue weighted by molar-refractivity contribution is 4.65. The lowest BCUT2D eigenvalue weighted by Gasteiger charge is -2.21. The molecular weight excluding hydrogens is 158 g/mol. The maximum absolute atomic E-state index is 3.76. The van der Waals surface area contributed by atoms with Gasteiger partial charge in [-0.2, -0.15) is 0 Å². The van der Waals surface area contributed by atoms with Gasteiger partial charge in [-0.15, -0.1) is 0 Å². The summed E-state index contributed by atoms with van der Waals surface area (Å²) in [6.45, 7) is 5.80. The van der Waals surface area contributed by atoms with Gasteiger partial charge in [0.15, 0.2) is 0 Å². The van der Waals surface area contributed by atoms with E-state index in [1.54, 1.807) is 0 Å². The molecule has 1 nitrogen and oxygen atoms in total. The minimum Gasteiger partial charge on any atom is -0.317 e. The van der Waals surface area contributed by atoms with Gasteiger partial charge in [-0.25, -0.2) is 0 Å². The zero-order chi connectivity index (χ0) is 9.36. The number of rotatable bonds is 6. The molecule has 0 bridgehead atoms. The Labute approximate surface area is 83.3 Å². The van der Waals surface area contributed by atoms with Gasteiger partial charge in [0.1, 0.15) is 0 Å². The highest BCUT2D eigenvalue weighted by Crippen LogP contribution is 2.27.